The number of fused-ring (bicyclic) bond motifs is 3. The Hall–Kier alpha value is -1.31. The first-order valence-electron chi connectivity index (χ1n) is 5.58. The third-order valence-corrected chi connectivity index (χ3v) is 3.73. The van der Waals surface area contributed by atoms with Crippen LogP contribution in [0.25, 0.3) is 0 Å². The summed E-state index contributed by atoms with van der Waals surface area (Å²) in [5.41, 5.74) is 1.24. The molecule has 0 N–H and O–H groups in total. The number of hydrogen-bond donors (Lipinski definition) is 0. The van der Waals surface area contributed by atoms with E-state index in [0.717, 1.165) is 12.2 Å². The Labute approximate surface area is 89.2 Å². The highest BCUT2D eigenvalue weighted by molar-refractivity contribution is 5.92. The van der Waals surface area contributed by atoms with Crippen molar-refractivity contribution in [1.82, 2.24) is 0 Å². The number of benzene rings is 1. The monoisotopic (exact) mass is 202 g/mol. The van der Waals surface area contributed by atoms with Crippen LogP contribution in [0.15, 0.2) is 24.3 Å². The van der Waals surface area contributed by atoms with Crippen molar-refractivity contribution in [3.05, 3.63) is 29.8 Å². The van der Waals surface area contributed by atoms with Gasteiger partial charge in [0.1, 0.15) is 11.5 Å². The summed E-state index contributed by atoms with van der Waals surface area (Å²) in [5.74, 6) is 2.17. The summed E-state index contributed by atoms with van der Waals surface area (Å²) in [6.07, 6.45) is 0.953. The zero-order chi connectivity index (χ0) is 10.4. The summed E-state index contributed by atoms with van der Waals surface area (Å²) >= 11 is 0. The largest absolute Gasteiger partial charge is 0.493 e. The van der Waals surface area contributed by atoms with Gasteiger partial charge in [0.05, 0.1) is 12.5 Å². The van der Waals surface area contributed by atoms with Gasteiger partial charge in [-0.2, -0.15) is 0 Å². The lowest BCUT2D eigenvalue weighted by Crippen LogP contribution is -2.50. The van der Waals surface area contributed by atoms with E-state index in [1.54, 1.807) is 0 Å². The molecule has 0 amide bonds. The van der Waals surface area contributed by atoms with Crippen molar-refractivity contribution in [1.29, 1.82) is 0 Å². The van der Waals surface area contributed by atoms with Crippen LogP contribution in [0.4, 0.5) is 0 Å². The van der Waals surface area contributed by atoms with E-state index in [2.05, 4.69) is 13.0 Å². The molecule has 0 radical (unpaired) electrons. The summed E-state index contributed by atoms with van der Waals surface area (Å²) in [4.78, 5) is 11.8. The Morgan fingerprint density at radius 2 is 2.20 bits per heavy atom. The molecule has 1 aromatic rings. The van der Waals surface area contributed by atoms with Crippen molar-refractivity contribution in [2.75, 3.05) is 6.61 Å². The predicted octanol–water partition coefficient (Wildman–Crippen LogP) is 2.39. The van der Waals surface area contributed by atoms with Gasteiger partial charge in [0.25, 0.3) is 0 Å². The van der Waals surface area contributed by atoms with Crippen LogP contribution in [0.3, 0.4) is 0 Å². The molecule has 2 heteroatoms. The molecule has 0 aromatic heterocycles. The fourth-order valence-electron chi connectivity index (χ4n) is 2.93. The topological polar surface area (TPSA) is 26.3 Å². The Bertz CT molecular complexity index is 411. The minimum atomic E-state index is 0.129. The minimum absolute atomic E-state index is 0.129. The first-order valence-corrected chi connectivity index (χ1v) is 5.58. The molecular weight excluding hydrogens is 188 g/mol. The van der Waals surface area contributed by atoms with Gasteiger partial charge in [-0.25, -0.2) is 0 Å². The summed E-state index contributed by atoms with van der Waals surface area (Å²) in [5, 5.41) is 0. The molecule has 78 valence electrons. The number of ketones is 1. The average Bonchev–Trinajstić information content (AvgIpc) is 2.28. The maximum atomic E-state index is 11.8. The van der Waals surface area contributed by atoms with Crippen molar-refractivity contribution in [2.24, 2.45) is 11.8 Å². The van der Waals surface area contributed by atoms with Crippen molar-refractivity contribution < 1.29 is 9.53 Å². The molecule has 1 aliphatic carbocycles. The molecule has 1 aliphatic heterocycles. The molecule has 15 heavy (non-hydrogen) atoms. The van der Waals surface area contributed by atoms with Crippen LogP contribution < -0.4 is 4.74 Å². The van der Waals surface area contributed by atoms with Gasteiger partial charge >= 0.3 is 0 Å². The van der Waals surface area contributed by atoms with E-state index in [4.69, 9.17) is 4.74 Å². The number of Topliss-reactive ketones (excluding diaryl/α,β-unsaturated/α-hetero) is 1. The van der Waals surface area contributed by atoms with Crippen LogP contribution in [-0.4, -0.2) is 12.4 Å². The van der Waals surface area contributed by atoms with Crippen LogP contribution in [0, 0.1) is 11.8 Å². The fraction of sp³-hybridized carbons (Fsp3) is 0.462. The molecule has 0 bridgehead atoms. The van der Waals surface area contributed by atoms with Crippen LogP contribution in [-0.2, 0) is 4.79 Å². The first kappa shape index (κ1) is 8.96. The fourth-order valence-corrected chi connectivity index (χ4v) is 2.93. The second-order valence-corrected chi connectivity index (χ2v) is 4.40. The standard InChI is InChI=1S/C13H14O2/c1-2-8-12-9-5-3-4-6-11(9)15-7-10(12)13(8)14/h3-6,8,10,12H,2,7H2,1H3. The van der Waals surface area contributed by atoms with Crippen LogP contribution >= 0.6 is 0 Å². The number of carbonyl (C=O) groups excluding carboxylic acids is 1. The third-order valence-electron chi connectivity index (χ3n) is 3.73. The van der Waals surface area contributed by atoms with Gasteiger partial charge in [0, 0.05) is 11.8 Å². The molecule has 3 rings (SSSR count). The highest BCUT2D eigenvalue weighted by Crippen LogP contribution is 2.51. The Morgan fingerprint density at radius 3 is 3.00 bits per heavy atom. The Morgan fingerprint density at radius 1 is 1.40 bits per heavy atom. The Balaban J connectivity index is 2.02. The lowest BCUT2D eigenvalue weighted by molar-refractivity contribution is -0.141. The van der Waals surface area contributed by atoms with E-state index in [1.807, 2.05) is 18.2 Å². The zero-order valence-electron chi connectivity index (χ0n) is 8.77. The first-order chi connectivity index (χ1) is 7.33. The van der Waals surface area contributed by atoms with Crippen molar-refractivity contribution >= 4 is 5.78 Å². The van der Waals surface area contributed by atoms with Crippen LogP contribution in [0.5, 0.6) is 5.75 Å². The van der Waals surface area contributed by atoms with Crippen molar-refractivity contribution in [3.8, 4) is 5.75 Å². The van der Waals surface area contributed by atoms with Gasteiger partial charge in [0.2, 0.25) is 0 Å². The zero-order valence-corrected chi connectivity index (χ0v) is 8.77. The molecule has 3 unspecified atom stereocenters. The summed E-state index contributed by atoms with van der Waals surface area (Å²) in [7, 11) is 0. The summed E-state index contributed by atoms with van der Waals surface area (Å²) in [6.45, 7) is 2.67. The van der Waals surface area contributed by atoms with E-state index < -0.39 is 0 Å². The van der Waals surface area contributed by atoms with Gasteiger partial charge in [-0.1, -0.05) is 25.1 Å². The van der Waals surface area contributed by atoms with E-state index in [9.17, 15) is 4.79 Å². The average molecular weight is 202 g/mol. The van der Waals surface area contributed by atoms with E-state index in [0.29, 0.717) is 18.3 Å². The predicted molar refractivity (Wildman–Crippen MR) is 57.0 cm³/mol. The smallest absolute Gasteiger partial charge is 0.143 e. The summed E-state index contributed by atoms with van der Waals surface area (Å²) < 4.78 is 5.60. The second kappa shape index (κ2) is 3.09. The van der Waals surface area contributed by atoms with Gasteiger partial charge in [-0.15, -0.1) is 0 Å². The maximum Gasteiger partial charge on any atom is 0.143 e. The minimum Gasteiger partial charge on any atom is -0.493 e. The highest BCUT2D eigenvalue weighted by atomic mass is 16.5. The summed E-state index contributed by atoms with van der Waals surface area (Å²) in [6, 6.07) is 8.11. The molecule has 2 aliphatic rings. The third kappa shape index (κ3) is 1.08. The van der Waals surface area contributed by atoms with Crippen LogP contribution in [0.2, 0.25) is 0 Å². The number of hydrogen-bond acceptors (Lipinski definition) is 2. The molecule has 0 saturated heterocycles. The molecule has 1 aromatic carbocycles. The number of carbonyl (C=O) groups is 1. The molecule has 2 nitrogen and oxygen atoms in total. The second-order valence-electron chi connectivity index (χ2n) is 4.40. The van der Waals surface area contributed by atoms with E-state index >= 15 is 0 Å². The SMILES string of the molecule is CCC1C(=O)C2COc3ccccc3C12. The van der Waals surface area contributed by atoms with Crippen molar-refractivity contribution in [2.45, 2.75) is 19.3 Å². The highest BCUT2D eigenvalue weighted by Gasteiger charge is 2.52. The maximum absolute atomic E-state index is 11.8. The van der Waals surface area contributed by atoms with Gasteiger partial charge < -0.3 is 4.74 Å². The van der Waals surface area contributed by atoms with Gasteiger partial charge in [-0.05, 0) is 18.1 Å². The molecule has 1 heterocycles. The molecule has 0 spiro atoms. The van der Waals surface area contributed by atoms with Crippen molar-refractivity contribution in [3.63, 3.8) is 0 Å². The number of rotatable bonds is 1. The molecular formula is C13H14O2. The van der Waals surface area contributed by atoms with Gasteiger partial charge in [0.15, 0.2) is 0 Å². The van der Waals surface area contributed by atoms with Gasteiger partial charge in [-0.3, -0.25) is 4.79 Å². The number of para-hydroxylation sites is 1. The molecule has 3 atom stereocenters. The molecule has 1 fully saturated rings. The quantitative estimate of drug-likeness (QED) is 0.699. The van der Waals surface area contributed by atoms with E-state index in [1.165, 1.54) is 5.56 Å². The molecule has 1 saturated carbocycles. The lowest BCUT2D eigenvalue weighted by Gasteiger charge is -2.46. The van der Waals surface area contributed by atoms with E-state index in [-0.39, 0.29) is 11.8 Å². The Kier molecular flexibility index (Phi) is 1.84. The lowest BCUT2D eigenvalue weighted by atomic mass is 9.59. The normalized spacial score (nSPS) is 32.3. The van der Waals surface area contributed by atoms with Crippen LogP contribution in [0.1, 0.15) is 24.8 Å². The number of ether oxygens (including phenoxy) is 1.